The predicted molar refractivity (Wildman–Crippen MR) is 108 cm³/mol. The van der Waals surface area contributed by atoms with Crippen molar-refractivity contribution >= 4 is 40.5 Å². The lowest BCUT2D eigenvalue weighted by molar-refractivity contribution is -0.385. The molecule has 3 rings (SSSR count). The minimum atomic E-state index is -0.746. The highest BCUT2D eigenvalue weighted by molar-refractivity contribution is 6.31. The molecule has 2 amide bonds. The molecular weight excluding hydrogens is 401 g/mol. The summed E-state index contributed by atoms with van der Waals surface area (Å²) in [6.45, 7) is 0. The van der Waals surface area contributed by atoms with Crippen LogP contribution in [0, 0.1) is 21.8 Å². The van der Waals surface area contributed by atoms with E-state index in [9.17, 15) is 24.1 Å². The van der Waals surface area contributed by atoms with Crippen LogP contribution in [0.1, 0.15) is 42.5 Å². The quantitative estimate of drug-likeness (QED) is 0.516. The first kappa shape index (κ1) is 20.7. The van der Waals surface area contributed by atoms with Gasteiger partial charge in [0, 0.05) is 22.7 Å². The van der Waals surface area contributed by atoms with E-state index in [1.165, 1.54) is 24.3 Å². The molecular formula is C20H19ClFN3O4. The Morgan fingerprint density at radius 2 is 1.79 bits per heavy atom. The van der Waals surface area contributed by atoms with Gasteiger partial charge in [0.2, 0.25) is 5.91 Å². The molecule has 0 bridgehead atoms. The molecule has 0 atom stereocenters. The third-order valence-corrected chi connectivity index (χ3v) is 5.09. The van der Waals surface area contributed by atoms with Crippen LogP contribution in [-0.4, -0.2) is 16.7 Å². The van der Waals surface area contributed by atoms with Crippen molar-refractivity contribution < 1.29 is 18.9 Å². The van der Waals surface area contributed by atoms with E-state index in [-0.39, 0.29) is 33.8 Å². The monoisotopic (exact) mass is 419 g/mol. The normalized spacial score (nSPS) is 14.3. The minimum Gasteiger partial charge on any atom is -0.323 e. The molecule has 2 aromatic carbocycles. The van der Waals surface area contributed by atoms with E-state index < -0.39 is 22.3 Å². The number of nitrogens with zero attached hydrogens (tertiary/aromatic N) is 1. The molecule has 9 heteroatoms. The number of anilines is 2. The Labute approximate surface area is 171 Å². The fourth-order valence-corrected chi connectivity index (χ4v) is 3.51. The van der Waals surface area contributed by atoms with E-state index >= 15 is 0 Å². The van der Waals surface area contributed by atoms with Crippen molar-refractivity contribution in [2.45, 2.75) is 32.1 Å². The fraction of sp³-hybridized carbons (Fsp3) is 0.300. The Kier molecular flexibility index (Phi) is 6.43. The highest BCUT2D eigenvalue weighted by Gasteiger charge is 2.23. The maximum Gasteiger partial charge on any atom is 0.283 e. The SMILES string of the molecule is O=C(Nc1ccc(F)c(NC(=O)C2CCCCC2)c1)c1ccc(Cl)cc1[N+](=O)[O-]. The summed E-state index contributed by atoms with van der Waals surface area (Å²) >= 11 is 5.76. The van der Waals surface area contributed by atoms with E-state index in [0.717, 1.165) is 44.2 Å². The third-order valence-electron chi connectivity index (χ3n) is 4.86. The summed E-state index contributed by atoms with van der Waals surface area (Å²) in [5.41, 5.74) is -0.483. The summed E-state index contributed by atoms with van der Waals surface area (Å²) < 4.78 is 14.1. The van der Waals surface area contributed by atoms with Crippen LogP contribution in [0.2, 0.25) is 5.02 Å². The van der Waals surface area contributed by atoms with Crippen LogP contribution in [-0.2, 0) is 4.79 Å². The Morgan fingerprint density at radius 3 is 2.48 bits per heavy atom. The van der Waals surface area contributed by atoms with E-state index in [1.807, 2.05) is 0 Å². The van der Waals surface area contributed by atoms with Crippen molar-refractivity contribution in [2.75, 3.05) is 10.6 Å². The summed E-state index contributed by atoms with van der Waals surface area (Å²) in [6, 6.07) is 7.40. The highest BCUT2D eigenvalue weighted by atomic mass is 35.5. The second-order valence-electron chi connectivity index (χ2n) is 6.89. The molecule has 0 spiro atoms. The van der Waals surface area contributed by atoms with Gasteiger partial charge in [0.05, 0.1) is 10.6 Å². The summed E-state index contributed by atoms with van der Waals surface area (Å²) in [4.78, 5) is 35.3. The van der Waals surface area contributed by atoms with Gasteiger partial charge in [-0.25, -0.2) is 4.39 Å². The van der Waals surface area contributed by atoms with Crippen molar-refractivity contribution in [3.05, 3.63) is 62.9 Å². The van der Waals surface area contributed by atoms with Gasteiger partial charge < -0.3 is 10.6 Å². The number of rotatable bonds is 5. The van der Waals surface area contributed by atoms with Crippen LogP contribution in [0.3, 0.4) is 0 Å². The molecule has 2 N–H and O–H groups in total. The largest absolute Gasteiger partial charge is 0.323 e. The number of hydrogen-bond donors (Lipinski definition) is 2. The first-order valence-electron chi connectivity index (χ1n) is 9.21. The maximum absolute atomic E-state index is 14.1. The number of carbonyl (C=O) groups excluding carboxylic acids is 2. The number of nitrogens with one attached hydrogen (secondary N) is 2. The van der Waals surface area contributed by atoms with Gasteiger partial charge in [0.25, 0.3) is 11.6 Å². The molecule has 0 aromatic heterocycles. The number of halogens is 2. The first-order valence-corrected chi connectivity index (χ1v) is 9.58. The number of nitro benzene ring substituents is 1. The molecule has 1 fully saturated rings. The molecule has 0 unspecified atom stereocenters. The topological polar surface area (TPSA) is 101 Å². The summed E-state index contributed by atoms with van der Waals surface area (Å²) in [7, 11) is 0. The number of hydrogen-bond acceptors (Lipinski definition) is 4. The van der Waals surface area contributed by atoms with Gasteiger partial charge in [-0.3, -0.25) is 19.7 Å². The fourth-order valence-electron chi connectivity index (χ4n) is 3.34. The molecule has 0 aliphatic heterocycles. The van der Waals surface area contributed by atoms with Crippen molar-refractivity contribution in [1.82, 2.24) is 0 Å². The van der Waals surface area contributed by atoms with Gasteiger partial charge in [-0.05, 0) is 43.2 Å². The number of carbonyl (C=O) groups is 2. The van der Waals surface area contributed by atoms with Gasteiger partial charge in [-0.2, -0.15) is 0 Å². The van der Waals surface area contributed by atoms with Crippen LogP contribution in [0.25, 0.3) is 0 Å². The van der Waals surface area contributed by atoms with Crippen molar-refractivity contribution in [1.29, 1.82) is 0 Å². The Balaban J connectivity index is 1.77. The lowest BCUT2D eigenvalue weighted by atomic mass is 9.88. The van der Waals surface area contributed by atoms with Crippen molar-refractivity contribution in [3.8, 4) is 0 Å². The van der Waals surface area contributed by atoms with E-state index in [1.54, 1.807) is 0 Å². The third kappa shape index (κ3) is 5.08. The number of nitro groups is 1. The number of amides is 2. The zero-order chi connectivity index (χ0) is 21.0. The Hall–Kier alpha value is -3.00. The highest BCUT2D eigenvalue weighted by Crippen LogP contribution is 2.28. The zero-order valence-corrected chi connectivity index (χ0v) is 16.2. The number of benzene rings is 2. The van der Waals surface area contributed by atoms with E-state index in [4.69, 9.17) is 11.6 Å². The molecule has 1 saturated carbocycles. The van der Waals surface area contributed by atoms with Gasteiger partial charge in [-0.15, -0.1) is 0 Å². The van der Waals surface area contributed by atoms with Gasteiger partial charge in [-0.1, -0.05) is 30.9 Å². The van der Waals surface area contributed by atoms with Gasteiger partial charge in [0.15, 0.2) is 0 Å². The predicted octanol–water partition coefficient (Wildman–Crippen LogP) is 5.16. The van der Waals surface area contributed by atoms with Crippen LogP contribution in [0.5, 0.6) is 0 Å². The lowest BCUT2D eigenvalue weighted by Crippen LogP contribution is -2.25. The molecule has 7 nitrogen and oxygen atoms in total. The van der Waals surface area contributed by atoms with Gasteiger partial charge in [0.1, 0.15) is 11.4 Å². The standard InChI is InChI=1S/C20H19ClFN3O4/c21-13-6-8-15(18(10-13)25(28)29)20(27)23-14-7-9-16(22)17(11-14)24-19(26)12-4-2-1-3-5-12/h6-12H,1-5H2,(H,23,27)(H,24,26). The molecule has 2 aromatic rings. The molecule has 1 aliphatic rings. The second-order valence-corrected chi connectivity index (χ2v) is 7.33. The molecule has 0 heterocycles. The molecule has 0 radical (unpaired) electrons. The molecule has 0 saturated heterocycles. The minimum absolute atomic E-state index is 0.0519. The van der Waals surface area contributed by atoms with E-state index in [0.29, 0.717) is 0 Å². The zero-order valence-electron chi connectivity index (χ0n) is 15.4. The second kappa shape index (κ2) is 9.00. The van der Waals surface area contributed by atoms with Crippen LogP contribution in [0.15, 0.2) is 36.4 Å². The van der Waals surface area contributed by atoms with Crippen LogP contribution < -0.4 is 10.6 Å². The Morgan fingerprint density at radius 1 is 1.07 bits per heavy atom. The van der Waals surface area contributed by atoms with Crippen molar-refractivity contribution in [2.24, 2.45) is 5.92 Å². The summed E-state index contributed by atoms with van der Waals surface area (Å²) in [6.07, 6.45) is 4.57. The van der Waals surface area contributed by atoms with Crippen molar-refractivity contribution in [3.63, 3.8) is 0 Å². The lowest BCUT2D eigenvalue weighted by Gasteiger charge is -2.21. The average molecular weight is 420 g/mol. The van der Waals surface area contributed by atoms with Crippen LogP contribution in [0.4, 0.5) is 21.5 Å². The summed E-state index contributed by atoms with van der Waals surface area (Å²) in [5.74, 6) is -1.78. The molecule has 152 valence electrons. The smallest absolute Gasteiger partial charge is 0.283 e. The summed E-state index contributed by atoms with van der Waals surface area (Å²) in [5, 5.41) is 16.4. The maximum atomic E-state index is 14.1. The first-order chi connectivity index (χ1) is 13.8. The van der Waals surface area contributed by atoms with E-state index in [2.05, 4.69) is 10.6 Å². The van der Waals surface area contributed by atoms with Crippen LogP contribution >= 0.6 is 11.6 Å². The average Bonchev–Trinajstić information content (AvgIpc) is 2.70. The van der Waals surface area contributed by atoms with Gasteiger partial charge >= 0.3 is 0 Å². The Bertz CT molecular complexity index is 961. The molecule has 1 aliphatic carbocycles. The molecule has 29 heavy (non-hydrogen) atoms.